The second-order valence-corrected chi connectivity index (χ2v) is 3.82. The second-order valence-electron chi connectivity index (χ2n) is 3.82. The Morgan fingerprint density at radius 2 is 2.06 bits per heavy atom. The fraction of sp³-hybridized carbons (Fsp3) is 0.250. The van der Waals surface area contributed by atoms with Gasteiger partial charge in [-0.25, -0.2) is 0 Å². The third-order valence-electron chi connectivity index (χ3n) is 2.53. The summed E-state index contributed by atoms with van der Waals surface area (Å²) in [6, 6.07) is 7.60. The number of para-hydroxylation sites is 1. The maximum atomic E-state index is 9.31. The molecule has 5 nitrogen and oxygen atoms in total. The van der Waals surface area contributed by atoms with E-state index in [1.807, 2.05) is 24.3 Å². The van der Waals surface area contributed by atoms with Crippen molar-refractivity contribution in [3.63, 3.8) is 0 Å². The Morgan fingerprint density at radius 1 is 1.33 bits per heavy atom. The fourth-order valence-corrected chi connectivity index (χ4v) is 1.64. The predicted octanol–water partition coefficient (Wildman–Crippen LogP) is 1.00. The molecule has 0 aliphatic rings. The maximum Gasteiger partial charge on any atom is 0.0942 e. The van der Waals surface area contributed by atoms with E-state index in [4.69, 9.17) is 10.8 Å². The Kier molecular flexibility index (Phi) is 5.15. The van der Waals surface area contributed by atoms with Crippen LogP contribution in [0.15, 0.2) is 30.5 Å². The van der Waals surface area contributed by atoms with Crippen molar-refractivity contribution < 1.29 is 10.2 Å². The molecule has 98 valence electrons. The lowest BCUT2D eigenvalue weighted by Gasteiger charge is -2.14. The van der Waals surface area contributed by atoms with Gasteiger partial charge in [0.25, 0.3) is 0 Å². The molecule has 0 amide bonds. The number of nitrogen functional groups attached to an aromatic ring is 1. The third kappa shape index (κ3) is 3.01. The fourth-order valence-electron chi connectivity index (χ4n) is 1.64. The second kappa shape index (κ2) is 6.39. The first-order chi connectivity index (χ1) is 8.22. The highest BCUT2D eigenvalue weighted by atomic mass is 35.5. The van der Waals surface area contributed by atoms with Gasteiger partial charge in [-0.15, -0.1) is 12.4 Å². The average molecular weight is 270 g/mol. The van der Waals surface area contributed by atoms with E-state index < -0.39 is 6.10 Å². The molecule has 5 N–H and O–H groups in total. The van der Waals surface area contributed by atoms with E-state index in [-0.39, 0.29) is 25.6 Å². The minimum absolute atomic E-state index is 0. The van der Waals surface area contributed by atoms with Crippen LogP contribution in [0.25, 0.3) is 10.9 Å². The summed E-state index contributed by atoms with van der Waals surface area (Å²) >= 11 is 0. The lowest BCUT2D eigenvalue weighted by molar-refractivity contribution is 0.105. The van der Waals surface area contributed by atoms with E-state index in [0.717, 1.165) is 16.6 Å². The van der Waals surface area contributed by atoms with Gasteiger partial charge in [0.15, 0.2) is 0 Å². The number of anilines is 2. The Bertz CT molecular complexity index is 522. The molecule has 6 heteroatoms. The highest BCUT2D eigenvalue weighted by molar-refractivity contribution is 5.96. The van der Waals surface area contributed by atoms with E-state index in [0.29, 0.717) is 5.69 Å². The van der Waals surface area contributed by atoms with Gasteiger partial charge in [0.1, 0.15) is 0 Å². The molecule has 1 atom stereocenters. The van der Waals surface area contributed by atoms with Gasteiger partial charge >= 0.3 is 0 Å². The SMILES string of the molecule is Cl.Nc1cnc2ccccc2c1NCC(O)CO. The predicted molar refractivity (Wildman–Crippen MR) is 75.0 cm³/mol. The zero-order valence-electron chi connectivity index (χ0n) is 9.71. The summed E-state index contributed by atoms with van der Waals surface area (Å²) in [5.41, 5.74) is 7.94. The van der Waals surface area contributed by atoms with Crippen LogP contribution in [0.2, 0.25) is 0 Å². The van der Waals surface area contributed by atoms with Crippen molar-refractivity contribution in [2.24, 2.45) is 0 Å². The molecule has 0 saturated carbocycles. The van der Waals surface area contributed by atoms with Gasteiger partial charge in [0, 0.05) is 11.9 Å². The number of aliphatic hydroxyl groups excluding tert-OH is 2. The Labute approximate surface area is 111 Å². The van der Waals surface area contributed by atoms with Gasteiger partial charge in [0.05, 0.1) is 35.8 Å². The summed E-state index contributed by atoms with van der Waals surface area (Å²) in [4.78, 5) is 4.21. The first-order valence-corrected chi connectivity index (χ1v) is 5.38. The highest BCUT2D eigenvalue weighted by Gasteiger charge is 2.08. The van der Waals surface area contributed by atoms with Gasteiger partial charge < -0.3 is 21.3 Å². The molecule has 0 aliphatic heterocycles. The molecular formula is C12H16ClN3O2. The molecule has 2 rings (SSSR count). The molecule has 1 heterocycles. The van der Waals surface area contributed by atoms with Crippen molar-refractivity contribution in [1.29, 1.82) is 0 Å². The van der Waals surface area contributed by atoms with Crippen molar-refractivity contribution >= 4 is 34.7 Å². The van der Waals surface area contributed by atoms with Crippen molar-refractivity contribution in [2.45, 2.75) is 6.10 Å². The molecular weight excluding hydrogens is 254 g/mol. The van der Waals surface area contributed by atoms with Crippen molar-refractivity contribution in [3.05, 3.63) is 30.5 Å². The van der Waals surface area contributed by atoms with Crippen LogP contribution in [0.3, 0.4) is 0 Å². The molecule has 1 aromatic heterocycles. The number of fused-ring (bicyclic) bond motifs is 1. The standard InChI is InChI=1S/C12H15N3O2.ClH/c13-10-6-14-11-4-2-1-3-9(11)12(10)15-5-8(17)7-16;/h1-4,6,8,16-17H,5,7,13H2,(H,14,15);1H. The van der Waals surface area contributed by atoms with E-state index in [2.05, 4.69) is 10.3 Å². The highest BCUT2D eigenvalue weighted by Crippen LogP contribution is 2.27. The Balaban J connectivity index is 0.00000162. The maximum absolute atomic E-state index is 9.31. The van der Waals surface area contributed by atoms with Gasteiger partial charge in [-0.3, -0.25) is 4.98 Å². The van der Waals surface area contributed by atoms with Gasteiger partial charge in [0.2, 0.25) is 0 Å². The molecule has 1 unspecified atom stereocenters. The number of nitrogens with zero attached hydrogens (tertiary/aromatic N) is 1. The summed E-state index contributed by atoms with van der Waals surface area (Å²) in [7, 11) is 0. The number of hydrogen-bond acceptors (Lipinski definition) is 5. The van der Waals surface area contributed by atoms with Crippen LogP contribution in [0.4, 0.5) is 11.4 Å². The van der Waals surface area contributed by atoms with Crippen LogP contribution < -0.4 is 11.1 Å². The summed E-state index contributed by atoms with van der Waals surface area (Å²) in [5.74, 6) is 0. The number of nitrogens with one attached hydrogen (secondary N) is 1. The van der Waals surface area contributed by atoms with Gasteiger partial charge in [-0.05, 0) is 6.07 Å². The lowest BCUT2D eigenvalue weighted by Crippen LogP contribution is -2.23. The minimum atomic E-state index is -0.804. The summed E-state index contributed by atoms with van der Waals surface area (Å²) in [6.45, 7) is -0.0371. The topological polar surface area (TPSA) is 91.4 Å². The van der Waals surface area contributed by atoms with E-state index in [9.17, 15) is 5.11 Å². The first kappa shape index (κ1) is 14.5. The molecule has 1 aromatic carbocycles. The van der Waals surface area contributed by atoms with E-state index >= 15 is 0 Å². The molecule has 18 heavy (non-hydrogen) atoms. The summed E-state index contributed by atoms with van der Waals surface area (Å²) < 4.78 is 0. The largest absolute Gasteiger partial charge is 0.396 e. The molecule has 0 saturated heterocycles. The van der Waals surface area contributed by atoms with E-state index in [1.54, 1.807) is 6.20 Å². The Morgan fingerprint density at radius 3 is 2.78 bits per heavy atom. The average Bonchev–Trinajstić information content (AvgIpc) is 2.37. The zero-order valence-corrected chi connectivity index (χ0v) is 10.5. The molecule has 0 bridgehead atoms. The summed E-state index contributed by atoms with van der Waals surface area (Å²) in [6.07, 6.45) is 0.775. The zero-order chi connectivity index (χ0) is 12.3. The number of halogens is 1. The lowest BCUT2D eigenvalue weighted by atomic mass is 10.1. The third-order valence-corrected chi connectivity index (χ3v) is 2.53. The van der Waals surface area contributed by atoms with Crippen molar-refractivity contribution in [2.75, 3.05) is 24.2 Å². The van der Waals surface area contributed by atoms with E-state index in [1.165, 1.54) is 0 Å². The first-order valence-electron chi connectivity index (χ1n) is 5.38. The van der Waals surface area contributed by atoms with Crippen LogP contribution in [-0.4, -0.2) is 34.5 Å². The number of aliphatic hydroxyl groups is 2. The van der Waals surface area contributed by atoms with Crippen LogP contribution >= 0.6 is 12.4 Å². The summed E-state index contributed by atoms with van der Waals surface area (Å²) in [5, 5.41) is 22.0. The molecule has 0 spiro atoms. The smallest absolute Gasteiger partial charge is 0.0942 e. The van der Waals surface area contributed by atoms with Crippen LogP contribution in [0, 0.1) is 0 Å². The monoisotopic (exact) mass is 269 g/mol. The van der Waals surface area contributed by atoms with Crippen molar-refractivity contribution in [3.8, 4) is 0 Å². The van der Waals surface area contributed by atoms with Crippen LogP contribution in [-0.2, 0) is 0 Å². The minimum Gasteiger partial charge on any atom is -0.396 e. The number of nitrogens with two attached hydrogens (primary N) is 1. The molecule has 0 fully saturated rings. The van der Waals surface area contributed by atoms with Gasteiger partial charge in [-0.2, -0.15) is 0 Å². The number of benzene rings is 1. The number of hydrogen-bond donors (Lipinski definition) is 4. The van der Waals surface area contributed by atoms with Crippen molar-refractivity contribution in [1.82, 2.24) is 4.98 Å². The van der Waals surface area contributed by atoms with Crippen LogP contribution in [0.5, 0.6) is 0 Å². The molecule has 0 aliphatic carbocycles. The Hall–Kier alpha value is -1.56. The number of rotatable bonds is 4. The number of aromatic nitrogens is 1. The quantitative estimate of drug-likeness (QED) is 0.665. The number of pyridine rings is 1. The normalized spacial score (nSPS) is 11.9. The molecule has 2 aromatic rings. The molecule has 0 radical (unpaired) electrons. The van der Waals surface area contributed by atoms with Crippen LogP contribution in [0.1, 0.15) is 0 Å². The van der Waals surface area contributed by atoms with Gasteiger partial charge in [-0.1, -0.05) is 18.2 Å².